The van der Waals surface area contributed by atoms with Gasteiger partial charge in [-0.05, 0) is 25.1 Å². The van der Waals surface area contributed by atoms with Crippen molar-refractivity contribution in [1.29, 1.82) is 0 Å². The zero-order valence-corrected chi connectivity index (χ0v) is 8.67. The van der Waals surface area contributed by atoms with Crippen LogP contribution in [0.3, 0.4) is 0 Å². The second kappa shape index (κ2) is 3.43. The highest BCUT2D eigenvalue weighted by Gasteiger charge is 2.01. The van der Waals surface area contributed by atoms with Gasteiger partial charge in [-0.2, -0.15) is 0 Å². The summed E-state index contributed by atoms with van der Waals surface area (Å²) in [7, 11) is 0. The monoisotopic (exact) mass is 203 g/mol. The highest BCUT2D eigenvalue weighted by Crippen LogP contribution is 2.21. The van der Waals surface area contributed by atoms with Crippen LogP contribution in [-0.4, -0.2) is 4.98 Å². The molecule has 0 fully saturated rings. The second-order valence-electron chi connectivity index (χ2n) is 3.27. The molecule has 0 aliphatic heterocycles. The van der Waals surface area contributed by atoms with Crippen LogP contribution in [0.5, 0.6) is 0 Å². The van der Waals surface area contributed by atoms with Crippen molar-refractivity contribution in [1.82, 2.24) is 4.98 Å². The summed E-state index contributed by atoms with van der Waals surface area (Å²) < 4.78 is 0. The van der Waals surface area contributed by atoms with Crippen LogP contribution in [-0.2, 0) is 0 Å². The molecule has 0 saturated carbocycles. The van der Waals surface area contributed by atoms with E-state index in [0.29, 0.717) is 5.15 Å². The van der Waals surface area contributed by atoms with E-state index < -0.39 is 0 Å². The van der Waals surface area contributed by atoms with Gasteiger partial charge in [0.15, 0.2) is 0 Å². The number of nitrogens with zero attached hydrogens (tertiary/aromatic N) is 1. The fourth-order valence-corrected chi connectivity index (χ4v) is 1.65. The van der Waals surface area contributed by atoms with Crippen molar-refractivity contribution < 1.29 is 0 Å². The molecule has 2 aromatic rings. The molecule has 0 saturated heterocycles. The molecule has 2 rings (SSSR count). The lowest BCUT2D eigenvalue weighted by Gasteiger charge is -2.02. The average molecular weight is 204 g/mol. The first-order chi connectivity index (χ1) is 6.70. The number of aromatic nitrogens is 1. The maximum absolute atomic E-state index is 5.96. The zero-order valence-electron chi connectivity index (χ0n) is 7.92. The normalized spacial score (nSPS) is 10.4. The molecule has 0 N–H and O–H groups in total. The Morgan fingerprint density at radius 2 is 2.14 bits per heavy atom. The third kappa shape index (κ3) is 1.51. The lowest BCUT2D eigenvalue weighted by molar-refractivity contribution is 1.38. The second-order valence-corrected chi connectivity index (χ2v) is 3.63. The van der Waals surface area contributed by atoms with Crippen molar-refractivity contribution in [2.45, 2.75) is 6.92 Å². The molecule has 0 spiro atoms. The maximum atomic E-state index is 5.96. The third-order valence-corrected chi connectivity index (χ3v) is 2.47. The molecule has 70 valence electrons. The maximum Gasteiger partial charge on any atom is 0.136 e. The molecule has 0 amide bonds. The Morgan fingerprint density at radius 3 is 2.86 bits per heavy atom. The van der Waals surface area contributed by atoms with Gasteiger partial charge in [-0.15, -0.1) is 0 Å². The first-order valence-electron chi connectivity index (χ1n) is 4.40. The van der Waals surface area contributed by atoms with Crippen molar-refractivity contribution in [3.63, 3.8) is 0 Å². The van der Waals surface area contributed by atoms with Crippen LogP contribution >= 0.6 is 11.6 Å². The summed E-state index contributed by atoms with van der Waals surface area (Å²) >= 11 is 5.96. The number of hydrogen-bond donors (Lipinski definition) is 0. The van der Waals surface area contributed by atoms with Gasteiger partial charge in [-0.1, -0.05) is 35.9 Å². The summed E-state index contributed by atoms with van der Waals surface area (Å²) in [5.41, 5.74) is 3.02. The van der Waals surface area contributed by atoms with Gasteiger partial charge in [-0.3, -0.25) is 0 Å². The molecule has 0 radical (unpaired) electrons. The van der Waals surface area contributed by atoms with Crippen LogP contribution in [0.2, 0.25) is 5.15 Å². The number of benzene rings is 1. The summed E-state index contributed by atoms with van der Waals surface area (Å²) in [4.78, 5) is 4.28. The average Bonchev–Trinajstić information content (AvgIpc) is 2.17. The number of rotatable bonds is 1. The Morgan fingerprint density at radius 1 is 1.36 bits per heavy atom. The minimum Gasteiger partial charge on any atom is -0.235 e. The van der Waals surface area contributed by atoms with Crippen LogP contribution in [0.4, 0.5) is 0 Å². The number of fused-ring (bicyclic) bond motifs is 1. The van der Waals surface area contributed by atoms with Gasteiger partial charge >= 0.3 is 0 Å². The lowest BCUT2D eigenvalue weighted by Crippen LogP contribution is -1.84. The van der Waals surface area contributed by atoms with Gasteiger partial charge < -0.3 is 0 Å². The Hall–Kier alpha value is -1.34. The smallest absolute Gasteiger partial charge is 0.136 e. The van der Waals surface area contributed by atoms with E-state index >= 15 is 0 Å². The van der Waals surface area contributed by atoms with E-state index in [-0.39, 0.29) is 0 Å². The Balaban J connectivity index is 2.79. The van der Waals surface area contributed by atoms with Crippen molar-refractivity contribution in [2.24, 2.45) is 0 Å². The topological polar surface area (TPSA) is 12.9 Å². The van der Waals surface area contributed by atoms with Crippen LogP contribution in [0.15, 0.2) is 30.8 Å². The van der Waals surface area contributed by atoms with Gasteiger partial charge in [0, 0.05) is 10.9 Å². The fourth-order valence-electron chi connectivity index (χ4n) is 1.43. The summed E-state index contributed by atoms with van der Waals surface area (Å²) in [5, 5.41) is 1.61. The van der Waals surface area contributed by atoms with Crippen molar-refractivity contribution in [2.75, 3.05) is 0 Å². The number of aryl methyl sites for hydroxylation is 1. The molecular weight excluding hydrogens is 194 g/mol. The fraction of sp³-hybridized carbons (Fsp3) is 0.0833. The van der Waals surface area contributed by atoms with Gasteiger partial charge in [0.2, 0.25) is 0 Å². The van der Waals surface area contributed by atoms with Gasteiger partial charge in [0.1, 0.15) is 5.15 Å². The minimum absolute atomic E-state index is 0.511. The van der Waals surface area contributed by atoms with E-state index in [1.807, 2.05) is 18.2 Å². The van der Waals surface area contributed by atoms with E-state index in [9.17, 15) is 0 Å². The summed E-state index contributed by atoms with van der Waals surface area (Å²) in [6.45, 7) is 5.75. The SMILES string of the molecule is C=Cc1cc2cc(C)ccc2nc1Cl. The highest BCUT2D eigenvalue weighted by molar-refractivity contribution is 6.31. The van der Waals surface area contributed by atoms with E-state index in [1.54, 1.807) is 6.08 Å². The largest absolute Gasteiger partial charge is 0.235 e. The predicted octanol–water partition coefficient (Wildman–Crippen LogP) is 3.84. The van der Waals surface area contributed by atoms with E-state index in [4.69, 9.17) is 11.6 Å². The first kappa shape index (κ1) is 9.22. The molecule has 1 aromatic carbocycles. The highest BCUT2D eigenvalue weighted by atomic mass is 35.5. The van der Waals surface area contributed by atoms with E-state index in [1.165, 1.54) is 5.56 Å². The molecule has 0 aliphatic carbocycles. The van der Waals surface area contributed by atoms with Gasteiger partial charge in [-0.25, -0.2) is 4.98 Å². The first-order valence-corrected chi connectivity index (χ1v) is 4.78. The molecule has 1 aromatic heterocycles. The molecule has 1 heterocycles. The van der Waals surface area contributed by atoms with Crippen molar-refractivity contribution in [3.05, 3.63) is 47.1 Å². The summed E-state index contributed by atoms with van der Waals surface area (Å²) in [6, 6.07) is 8.10. The minimum atomic E-state index is 0.511. The van der Waals surface area contributed by atoms with Crippen LogP contribution < -0.4 is 0 Å². The predicted molar refractivity (Wildman–Crippen MR) is 61.6 cm³/mol. The van der Waals surface area contributed by atoms with Gasteiger partial charge in [0.25, 0.3) is 0 Å². The Kier molecular flexibility index (Phi) is 2.26. The molecule has 0 aliphatic rings. The molecule has 14 heavy (non-hydrogen) atoms. The molecule has 0 bridgehead atoms. The quantitative estimate of drug-likeness (QED) is 0.642. The standard InChI is InChI=1S/C12H10ClN/c1-3-9-7-10-6-8(2)4-5-11(10)14-12(9)13/h3-7H,1H2,2H3. The number of hydrogen-bond acceptors (Lipinski definition) is 1. The van der Waals surface area contributed by atoms with Crippen molar-refractivity contribution >= 4 is 28.6 Å². The lowest BCUT2D eigenvalue weighted by atomic mass is 10.1. The van der Waals surface area contributed by atoms with E-state index in [2.05, 4.69) is 24.6 Å². The number of halogens is 1. The van der Waals surface area contributed by atoms with Crippen LogP contribution in [0.1, 0.15) is 11.1 Å². The molecular formula is C12H10ClN. The molecule has 0 unspecified atom stereocenters. The van der Waals surface area contributed by atoms with Crippen molar-refractivity contribution in [3.8, 4) is 0 Å². The third-order valence-electron chi connectivity index (χ3n) is 2.17. The van der Waals surface area contributed by atoms with E-state index in [0.717, 1.165) is 16.5 Å². The van der Waals surface area contributed by atoms with Crippen LogP contribution in [0, 0.1) is 6.92 Å². The zero-order chi connectivity index (χ0) is 10.1. The van der Waals surface area contributed by atoms with Crippen LogP contribution in [0.25, 0.3) is 17.0 Å². The Bertz CT molecular complexity index is 503. The number of pyridine rings is 1. The summed E-state index contributed by atoms with van der Waals surface area (Å²) in [5.74, 6) is 0. The Labute approximate surface area is 88.0 Å². The molecule has 1 nitrogen and oxygen atoms in total. The summed E-state index contributed by atoms with van der Waals surface area (Å²) in [6.07, 6.45) is 1.72. The van der Waals surface area contributed by atoms with Gasteiger partial charge in [0.05, 0.1) is 5.52 Å². The molecule has 2 heteroatoms. The molecule has 0 atom stereocenters.